The molecule has 18 heavy (non-hydrogen) atoms. The van der Waals surface area contributed by atoms with Crippen LogP contribution in [0.5, 0.6) is 0 Å². The highest BCUT2D eigenvalue weighted by molar-refractivity contribution is 6.08. The van der Waals surface area contributed by atoms with E-state index in [1.54, 1.807) is 24.1 Å². The topological polar surface area (TPSA) is 67.2 Å². The van der Waals surface area contributed by atoms with Crippen molar-refractivity contribution in [2.75, 3.05) is 11.4 Å². The molecule has 2 heterocycles. The van der Waals surface area contributed by atoms with E-state index in [0.717, 1.165) is 0 Å². The zero-order chi connectivity index (χ0) is 13.3. The van der Waals surface area contributed by atoms with Crippen molar-refractivity contribution in [3.05, 3.63) is 12.4 Å². The number of nitrogens with zero attached hydrogens (tertiary/aromatic N) is 3. The summed E-state index contributed by atoms with van der Waals surface area (Å²) >= 11 is 0. The number of aryl methyl sites for hydroxylation is 1. The van der Waals surface area contributed by atoms with Crippen LogP contribution in [-0.2, 0) is 16.6 Å². The fraction of sp³-hybridized carbons (Fsp3) is 0.583. The minimum atomic E-state index is -0.773. The average molecular weight is 250 g/mol. The van der Waals surface area contributed by atoms with E-state index in [2.05, 4.69) is 10.4 Å². The van der Waals surface area contributed by atoms with Gasteiger partial charge in [0.1, 0.15) is 12.1 Å². The standard InChI is InChI=1S/C12H18N4O2/c1-4-12(5-2)11(18)16(8-10(17)14-12)9-6-13-15(3)7-9/h6-7H,4-5,8H2,1-3H3,(H,14,17). The van der Waals surface area contributed by atoms with Gasteiger partial charge in [0, 0.05) is 13.2 Å². The third-order valence-corrected chi connectivity index (χ3v) is 3.54. The van der Waals surface area contributed by atoms with Crippen molar-refractivity contribution in [1.82, 2.24) is 15.1 Å². The molecule has 6 heteroatoms. The van der Waals surface area contributed by atoms with Gasteiger partial charge in [0.25, 0.3) is 5.91 Å². The number of hydrogen-bond acceptors (Lipinski definition) is 3. The van der Waals surface area contributed by atoms with E-state index in [9.17, 15) is 9.59 Å². The lowest BCUT2D eigenvalue weighted by Crippen LogP contribution is -2.66. The van der Waals surface area contributed by atoms with E-state index in [4.69, 9.17) is 0 Å². The monoisotopic (exact) mass is 250 g/mol. The molecule has 1 saturated heterocycles. The van der Waals surface area contributed by atoms with E-state index >= 15 is 0 Å². The predicted molar refractivity (Wildman–Crippen MR) is 67.0 cm³/mol. The summed E-state index contributed by atoms with van der Waals surface area (Å²) in [5, 5.41) is 6.87. The fourth-order valence-corrected chi connectivity index (χ4v) is 2.32. The Kier molecular flexibility index (Phi) is 3.11. The number of aromatic nitrogens is 2. The molecule has 0 atom stereocenters. The van der Waals surface area contributed by atoms with Crippen LogP contribution in [0.15, 0.2) is 12.4 Å². The van der Waals surface area contributed by atoms with Gasteiger partial charge in [-0.15, -0.1) is 0 Å². The first kappa shape index (κ1) is 12.6. The van der Waals surface area contributed by atoms with E-state index in [1.165, 1.54) is 4.90 Å². The summed E-state index contributed by atoms with van der Waals surface area (Å²) in [6.07, 6.45) is 4.52. The van der Waals surface area contributed by atoms with Crippen LogP contribution < -0.4 is 10.2 Å². The fourth-order valence-electron chi connectivity index (χ4n) is 2.32. The maximum absolute atomic E-state index is 12.5. The highest BCUT2D eigenvalue weighted by Crippen LogP contribution is 2.26. The first-order chi connectivity index (χ1) is 8.52. The van der Waals surface area contributed by atoms with E-state index in [1.807, 2.05) is 13.8 Å². The second-order valence-electron chi connectivity index (χ2n) is 4.60. The number of amides is 2. The first-order valence-corrected chi connectivity index (χ1v) is 6.14. The van der Waals surface area contributed by atoms with E-state index in [0.29, 0.717) is 18.5 Å². The average Bonchev–Trinajstić information content (AvgIpc) is 2.78. The molecule has 0 aromatic carbocycles. The Labute approximate surface area is 106 Å². The lowest BCUT2D eigenvalue weighted by molar-refractivity contribution is -0.136. The van der Waals surface area contributed by atoms with Gasteiger partial charge in [0.05, 0.1) is 11.9 Å². The number of rotatable bonds is 3. The van der Waals surface area contributed by atoms with Crippen molar-refractivity contribution in [3.63, 3.8) is 0 Å². The number of piperazine rings is 1. The summed E-state index contributed by atoms with van der Waals surface area (Å²) in [5.41, 5.74) is -0.103. The van der Waals surface area contributed by atoms with Gasteiger partial charge in [-0.2, -0.15) is 5.10 Å². The Bertz CT molecular complexity index is 476. The van der Waals surface area contributed by atoms with Gasteiger partial charge in [0.15, 0.2) is 0 Å². The molecular formula is C12H18N4O2. The molecule has 1 aliphatic heterocycles. The van der Waals surface area contributed by atoms with E-state index < -0.39 is 5.54 Å². The van der Waals surface area contributed by atoms with Gasteiger partial charge in [-0.25, -0.2) is 0 Å². The van der Waals surface area contributed by atoms with Crippen molar-refractivity contribution in [2.45, 2.75) is 32.2 Å². The highest BCUT2D eigenvalue weighted by atomic mass is 16.2. The molecule has 0 radical (unpaired) electrons. The van der Waals surface area contributed by atoms with Gasteiger partial charge in [-0.1, -0.05) is 13.8 Å². The maximum Gasteiger partial charge on any atom is 0.253 e. The Morgan fingerprint density at radius 1 is 1.39 bits per heavy atom. The molecule has 0 spiro atoms. The highest BCUT2D eigenvalue weighted by Gasteiger charge is 2.44. The Morgan fingerprint density at radius 2 is 2.06 bits per heavy atom. The normalized spacial score (nSPS) is 18.9. The number of carbonyl (C=O) groups is 2. The molecule has 0 unspecified atom stereocenters. The second-order valence-corrected chi connectivity index (χ2v) is 4.60. The van der Waals surface area contributed by atoms with Crippen LogP contribution in [0.3, 0.4) is 0 Å². The predicted octanol–water partition coefficient (Wildman–Crippen LogP) is 0.442. The first-order valence-electron chi connectivity index (χ1n) is 6.14. The van der Waals surface area contributed by atoms with Crippen LogP contribution >= 0.6 is 0 Å². The zero-order valence-corrected chi connectivity index (χ0v) is 10.9. The van der Waals surface area contributed by atoms with Crippen LogP contribution in [0.2, 0.25) is 0 Å². The third-order valence-electron chi connectivity index (χ3n) is 3.54. The molecule has 0 bridgehead atoms. The van der Waals surface area contributed by atoms with Crippen molar-refractivity contribution in [1.29, 1.82) is 0 Å². The smallest absolute Gasteiger partial charge is 0.253 e. The largest absolute Gasteiger partial charge is 0.340 e. The van der Waals surface area contributed by atoms with Gasteiger partial charge in [-0.05, 0) is 12.8 Å². The summed E-state index contributed by atoms with van der Waals surface area (Å²) in [6.45, 7) is 3.88. The molecule has 98 valence electrons. The van der Waals surface area contributed by atoms with Crippen molar-refractivity contribution in [2.24, 2.45) is 7.05 Å². The molecule has 1 fully saturated rings. The van der Waals surface area contributed by atoms with Gasteiger partial charge < -0.3 is 5.32 Å². The lowest BCUT2D eigenvalue weighted by Gasteiger charge is -2.40. The molecule has 1 aromatic heterocycles. The zero-order valence-electron chi connectivity index (χ0n) is 10.9. The summed E-state index contributed by atoms with van der Waals surface area (Å²) in [5.74, 6) is -0.178. The second kappa shape index (κ2) is 4.44. The molecule has 2 rings (SSSR count). The molecule has 0 aliphatic carbocycles. The van der Waals surface area contributed by atoms with E-state index in [-0.39, 0.29) is 18.4 Å². The Morgan fingerprint density at radius 3 is 2.56 bits per heavy atom. The molecule has 1 N–H and O–H groups in total. The maximum atomic E-state index is 12.5. The lowest BCUT2D eigenvalue weighted by atomic mass is 9.89. The van der Waals surface area contributed by atoms with Crippen molar-refractivity contribution >= 4 is 17.5 Å². The van der Waals surface area contributed by atoms with Crippen LogP contribution in [0.1, 0.15) is 26.7 Å². The molecule has 1 aromatic rings. The minimum absolute atomic E-state index is 0.0555. The SMILES string of the molecule is CCC1(CC)NC(=O)CN(c2cnn(C)c2)C1=O. The molecule has 2 amide bonds. The van der Waals surface area contributed by atoms with Crippen molar-refractivity contribution in [3.8, 4) is 0 Å². The van der Waals surface area contributed by atoms with Crippen molar-refractivity contribution < 1.29 is 9.59 Å². The summed E-state index contributed by atoms with van der Waals surface area (Å²) < 4.78 is 1.62. The minimum Gasteiger partial charge on any atom is -0.340 e. The van der Waals surface area contributed by atoms with Gasteiger partial charge >= 0.3 is 0 Å². The third kappa shape index (κ3) is 1.87. The van der Waals surface area contributed by atoms with Crippen LogP contribution in [0, 0.1) is 0 Å². The number of carbonyl (C=O) groups excluding carboxylic acids is 2. The van der Waals surface area contributed by atoms with Gasteiger partial charge in [-0.3, -0.25) is 19.2 Å². The molecular weight excluding hydrogens is 232 g/mol. The number of hydrogen-bond donors (Lipinski definition) is 1. The Balaban J connectivity index is 2.36. The number of nitrogens with one attached hydrogen (secondary N) is 1. The summed E-state index contributed by atoms with van der Waals surface area (Å²) in [4.78, 5) is 25.9. The van der Waals surface area contributed by atoms with Crippen LogP contribution in [0.4, 0.5) is 5.69 Å². The van der Waals surface area contributed by atoms with Gasteiger partial charge in [0.2, 0.25) is 5.91 Å². The summed E-state index contributed by atoms with van der Waals surface area (Å²) in [7, 11) is 1.78. The molecule has 0 saturated carbocycles. The number of anilines is 1. The molecule has 6 nitrogen and oxygen atoms in total. The molecule has 1 aliphatic rings. The van der Waals surface area contributed by atoms with Crippen LogP contribution in [0.25, 0.3) is 0 Å². The Hall–Kier alpha value is -1.85. The summed E-state index contributed by atoms with van der Waals surface area (Å²) in [6, 6.07) is 0. The quantitative estimate of drug-likeness (QED) is 0.846. The van der Waals surface area contributed by atoms with Crippen LogP contribution in [-0.4, -0.2) is 33.7 Å².